The monoisotopic (exact) mass is 255 g/mol. The maximum Gasteiger partial charge on any atom is 0.323 e. The van der Waals surface area contributed by atoms with Gasteiger partial charge in [-0.1, -0.05) is 0 Å². The van der Waals surface area contributed by atoms with Crippen LogP contribution in [0.5, 0.6) is 0 Å². The second-order valence-electron chi connectivity index (χ2n) is 5.40. The molecule has 1 N–H and O–H groups in total. The van der Waals surface area contributed by atoms with E-state index in [1.54, 1.807) is 0 Å². The first-order chi connectivity index (χ1) is 8.66. The molecule has 1 unspecified atom stereocenters. The quantitative estimate of drug-likeness (QED) is 0.715. The minimum Gasteiger partial charge on any atom is -0.461 e. The molecule has 0 radical (unpaired) electrons. The highest BCUT2D eigenvalue weighted by Gasteiger charge is 2.27. The van der Waals surface area contributed by atoms with Crippen molar-refractivity contribution in [3.63, 3.8) is 0 Å². The van der Waals surface area contributed by atoms with E-state index >= 15 is 0 Å². The Bertz CT molecular complexity index is 271. The highest BCUT2D eigenvalue weighted by molar-refractivity contribution is 5.75. The Morgan fingerprint density at radius 2 is 1.83 bits per heavy atom. The van der Waals surface area contributed by atoms with Gasteiger partial charge in [0.1, 0.15) is 12.1 Å². The third kappa shape index (κ3) is 3.67. The van der Waals surface area contributed by atoms with Gasteiger partial charge in [-0.05, 0) is 26.8 Å². The van der Waals surface area contributed by atoms with Gasteiger partial charge in [0.25, 0.3) is 0 Å². The SMILES string of the molecule is CC(C(=O)OC1CCN(C)CC1)N1CCNCC1. The lowest BCUT2D eigenvalue weighted by Gasteiger charge is -2.33. The van der Waals surface area contributed by atoms with E-state index in [2.05, 4.69) is 22.2 Å². The minimum atomic E-state index is -0.105. The molecule has 0 amide bonds. The maximum atomic E-state index is 12.1. The van der Waals surface area contributed by atoms with E-state index < -0.39 is 0 Å². The summed E-state index contributed by atoms with van der Waals surface area (Å²) in [4.78, 5) is 16.6. The van der Waals surface area contributed by atoms with Gasteiger partial charge in [-0.25, -0.2) is 0 Å². The second kappa shape index (κ2) is 6.50. The van der Waals surface area contributed by atoms with Gasteiger partial charge in [-0.3, -0.25) is 9.69 Å². The number of esters is 1. The molecule has 1 atom stereocenters. The van der Waals surface area contributed by atoms with Crippen LogP contribution in [0.3, 0.4) is 0 Å². The van der Waals surface area contributed by atoms with Crippen molar-refractivity contribution in [3.05, 3.63) is 0 Å². The van der Waals surface area contributed by atoms with Crippen LogP contribution in [0.4, 0.5) is 0 Å². The first-order valence-corrected chi connectivity index (χ1v) is 7.00. The Kier molecular flexibility index (Phi) is 4.97. The van der Waals surface area contributed by atoms with Crippen molar-refractivity contribution in [1.82, 2.24) is 15.1 Å². The van der Waals surface area contributed by atoms with Gasteiger partial charge in [0.05, 0.1) is 0 Å². The van der Waals surface area contributed by atoms with Crippen molar-refractivity contribution in [2.45, 2.75) is 31.9 Å². The molecule has 104 valence electrons. The fourth-order valence-electron chi connectivity index (χ4n) is 2.58. The minimum absolute atomic E-state index is 0.0496. The molecule has 2 saturated heterocycles. The molecule has 2 heterocycles. The topological polar surface area (TPSA) is 44.8 Å². The molecule has 2 fully saturated rings. The summed E-state index contributed by atoms with van der Waals surface area (Å²) in [7, 11) is 2.11. The molecule has 0 aromatic heterocycles. The van der Waals surface area contributed by atoms with Gasteiger partial charge in [-0.15, -0.1) is 0 Å². The lowest BCUT2D eigenvalue weighted by Crippen LogP contribution is -2.51. The van der Waals surface area contributed by atoms with Gasteiger partial charge in [-0.2, -0.15) is 0 Å². The summed E-state index contributed by atoms with van der Waals surface area (Å²) in [6, 6.07) is -0.105. The normalized spacial score (nSPS) is 25.9. The van der Waals surface area contributed by atoms with Crippen molar-refractivity contribution < 1.29 is 9.53 Å². The fraction of sp³-hybridized carbons (Fsp3) is 0.923. The average Bonchev–Trinajstić information content (AvgIpc) is 2.41. The number of piperazine rings is 1. The molecule has 5 nitrogen and oxygen atoms in total. The Hall–Kier alpha value is -0.650. The predicted molar refractivity (Wildman–Crippen MR) is 70.5 cm³/mol. The van der Waals surface area contributed by atoms with Gasteiger partial charge >= 0.3 is 5.97 Å². The number of piperidine rings is 1. The van der Waals surface area contributed by atoms with E-state index in [-0.39, 0.29) is 18.1 Å². The van der Waals surface area contributed by atoms with Crippen molar-refractivity contribution in [2.75, 3.05) is 46.3 Å². The summed E-state index contributed by atoms with van der Waals surface area (Å²) in [5.74, 6) is -0.0496. The highest BCUT2D eigenvalue weighted by atomic mass is 16.5. The highest BCUT2D eigenvalue weighted by Crippen LogP contribution is 2.14. The van der Waals surface area contributed by atoms with E-state index in [4.69, 9.17) is 4.74 Å². The zero-order valence-electron chi connectivity index (χ0n) is 11.5. The van der Waals surface area contributed by atoms with Crippen molar-refractivity contribution in [2.24, 2.45) is 0 Å². The van der Waals surface area contributed by atoms with Crippen LogP contribution in [0, 0.1) is 0 Å². The zero-order chi connectivity index (χ0) is 13.0. The number of hydrogen-bond donors (Lipinski definition) is 1. The molecule has 0 aromatic rings. The van der Waals surface area contributed by atoms with Crippen LogP contribution in [-0.2, 0) is 9.53 Å². The van der Waals surface area contributed by atoms with Gasteiger partial charge in [0.2, 0.25) is 0 Å². The number of carbonyl (C=O) groups is 1. The number of carbonyl (C=O) groups excluding carboxylic acids is 1. The van der Waals surface area contributed by atoms with Crippen LogP contribution in [0.2, 0.25) is 0 Å². The van der Waals surface area contributed by atoms with Gasteiger partial charge in [0.15, 0.2) is 0 Å². The Labute approximate surface area is 109 Å². The number of hydrogen-bond acceptors (Lipinski definition) is 5. The average molecular weight is 255 g/mol. The maximum absolute atomic E-state index is 12.1. The van der Waals surface area contributed by atoms with E-state index in [1.165, 1.54) is 0 Å². The molecule has 0 aliphatic carbocycles. The van der Waals surface area contributed by atoms with E-state index in [1.807, 2.05) is 6.92 Å². The van der Waals surface area contributed by atoms with Gasteiger partial charge < -0.3 is 15.0 Å². The molecule has 0 saturated carbocycles. The smallest absolute Gasteiger partial charge is 0.323 e. The predicted octanol–water partition coefficient (Wildman–Crippen LogP) is -0.0825. The molecule has 0 aromatic carbocycles. The number of nitrogens with zero attached hydrogens (tertiary/aromatic N) is 2. The number of rotatable bonds is 3. The lowest BCUT2D eigenvalue weighted by molar-refractivity contribution is -0.157. The molecular formula is C13H25N3O2. The molecule has 18 heavy (non-hydrogen) atoms. The third-order valence-electron chi connectivity index (χ3n) is 3.99. The van der Waals surface area contributed by atoms with E-state index in [0.717, 1.165) is 52.1 Å². The molecular weight excluding hydrogens is 230 g/mol. The molecule has 2 aliphatic heterocycles. The van der Waals surface area contributed by atoms with Crippen LogP contribution in [0.25, 0.3) is 0 Å². The number of nitrogens with one attached hydrogen (secondary N) is 1. The molecule has 2 rings (SSSR count). The summed E-state index contributed by atoms with van der Waals surface area (Å²) in [5.41, 5.74) is 0. The Morgan fingerprint density at radius 3 is 2.44 bits per heavy atom. The van der Waals surface area contributed by atoms with Crippen LogP contribution < -0.4 is 5.32 Å². The summed E-state index contributed by atoms with van der Waals surface area (Å²) in [6.45, 7) is 7.81. The van der Waals surface area contributed by atoms with Crippen molar-refractivity contribution >= 4 is 5.97 Å². The second-order valence-corrected chi connectivity index (χ2v) is 5.40. The molecule has 0 bridgehead atoms. The Balaban J connectivity index is 1.76. The van der Waals surface area contributed by atoms with E-state index in [0.29, 0.717) is 0 Å². The van der Waals surface area contributed by atoms with E-state index in [9.17, 15) is 4.79 Å². The summed E-state index contributed by atoms with van der Waals surface area (Å²) in [5, 5.41) is 3.30. The summed E-state index contributed by atoms with van der Waals surface area (Å²) < 4.78 is 5.63. The molecule has 2 aliphatic rings. The van der Waals surface area contributed by atoms with Crippen LogP contribution in [0.15, 0.2) is 0 Å². The van der Waals surface area contributed by atoms with Crippen LogP contribution >= 0.6 is 0 Å². The number of ether oxygens (including phenoxy) is 1. The zero-order valence-corrected chi connectivity index (χ0v) is 11.5. The first kappa shape index (κ1) is 13.8. The first-order valence-electron chi connectivity index (χ1n) is 7.00. The number of likely N-dealkylation sites (tertiary alicyclic amines) is 1. The largest absolute Gasteiger partial charge is 0.461 e. The van der Waals surface area contributed by atoms with Crippen molar-refractivity contribution in [3.8, 4) is 0 Å². The van der Waals surface area contributed by atoms with Crippen LogP contribution in [-0.4, -0.2) is 74.2 Å². The third-order valence-corrected chi connectivity index (χ3v) is 3.99. The van der Waals surface area contributed by atoms with Crippen LogP contribution in [0.1, 0.15) is 19.8 Å². The van der Waals surface area contributed by atoms with Crippen molar-refractivity contribution in [1.29, 1.82) is 0 Å². The lowest BCUT2D eigenvalue weighted by atomic mass is 10.1. The molecule has 5 heteroatoms. The Morgan fingerprint density at radius 1 is 1.22 bits per heavy atom. The molecule has 0 spiro atoms. The summed E-state index contributed by atoms with van der Waals surface area (Å²) in [6.07, 6.45) is 2.06. The summed E-state index contributed by atoms with van der Waals surface area (Å²) >= 11 is 0. The standard InChI is InChI=1S/C13H25N3O2/c1-11(16-9-5-14-6-10-16)13(17)18-12-3-7-15(2)8-4-12/h11-12,14H,3-10H2,1-2H3. The van der Waals surface area contributed by atoms with Gasteiger partial charge in [0, 0.05) is 39.3 Å². The fourth-order valence-corrected chi connectivity index (χ4v) is 2.58.